The van der Waals surface area contributed by atoms with E-state index in [2.05, 4.69) is 5.32 Å². The number of aliphatic hydroxyl groups excluding tert-OH is 1. The zero-order chi connectivity index (χ0) is 12.7. The summed E-state index contributed by atoms with van der Waals surface area (Å²) < 4.78 is 4.92. The third kappa shape index (κ3) is 4.78. The second-order valence-electron chi connectivity index (χ2n) is 3.59. The van der Waals surface area contributed by atoms with Crippen LogP contribution in [-0.4, -0.2) is 36.4 Å². The average molecular weight is 260 g/mol. The van der Waals surface area contributed by atoms with E-state index in [4.69, 9.17) is 9.84 Å². The van der Waals surface area contributed by atoms with E-state index in [0.29, 0.717) is 19.6 Å². The van der Waals surface area contributed by atoms with Crippen LogP contribution in [0.5, 0.6) is 0 Å². The summed E-state index contributed by atoms with van der Waals surface area (Å²) in [5, 5.41) is 24.6. The van der Waals surface area contributed by atoms with Crippen molar-refractivity contribution in [1.82, 2.24) is 5.32 Å². The van der Waals surface area contributed by atoms with Gasteiger partial charge in [0.2, 0.25) is 0 Å². The number of nitrogens with one attached hydrogen (secondary N) is 1. The molecule has 0 aliphatic carbocycles. The van der Waals surface area contributed by atoms with E-state index in [1.54, 1.807) is 18.6 Å². The van der Waals surface area contributed by atoms with E-state index in [-0.39, 0.29) is 17.6 Å². The van der Waals surface area contributed by atoms with Crippen LogP contribution in [0, 0.1) is 10.1 Å². The monoisotopic (exact) mass is 260 g/mol. The van der Waals surface area contributed by atoms with Crippen LogP contribution in [0.15, 0.2) is 11.4 Å². The molecule has 96 valence electrons. The minimum Gasteiger partial charge on any atom is -0.395 e. The molecule has 2 N–H and O–H groups in total. The molecular formula is C10H16N2O4S. The number of nitro groups is 1. The molecule has 1 heterocycles. The standard InChI is InChI=1S/C10H16N2O4S/c1-16-3-2-9(6-13)11-5-8-4-10(12(14)15)17-7-8/h4,7,9,11,13H,2-3,5-6H2,1H3. The van der Waals surface area contributed by atoms with Gasteiger partial charge in [0.1, 0.15) is 0 Å². The fraction of sp³-hybridized carbons (Fsp3) is 0.600. The molecule has 1 aromatic rings. The summed E-state index contributed by atoms with van der Waals surface area (Å²) in [4.78, 5) is 10.1. The lowest BCUT2D eigenvalue weighted by molar-refractivity contribution is -0.380. The number of hydrogen-bond acceptors (Lipinski definition) is 6. The predicted octanol–water partition coefficient (Wildman–Crippen LogP) is 1.14. The topological polar surface area (TPSA) is 84.6 Å². The van der Waals surface area contributed by atoms with Crippen LogP contribution >= 0.6 is 11.3 Å². The van der Waals surface area contributed by atoms with Gasteiger partial charge in [0.25, 0.3) is 0 Å². The van der Waals surface area contributed by atoms with Crippen molar-refractivity contribution < 1.29 is 14.8 Å². The molecule has 0 saturated heterocycles. The summed E-state index contributed by atoms with van der Waals surface area (Å²) in [5.74, 6) is 0. The minimum atomic E-state index is -0.400. The molecule has 0 fully saturated rings. The molecule has 0 spiro atoms. The molecular weight excluding hydrogens is 244 g/mol. The van der Waals surface area contributed by atoms with Crippen molar-refractivity contribution in [2.24, 2.45) is 0 Å². The highest BCUT2D eigenvalue weighted by molar-refractivity contribution is 7.13. The highest BCUT2D eigenvalue weighted by atomic mass is 32.1. The van der Waals surface area contributed by atoms with Crippen molar-refractivity contribution in [1.29, 1.82) is 0 Å². The lowest BCUT2D eigenvalue weighted by Gasteiger charge is -2.14. The summed E-state index contributed by atoms with van der Waals surface area (Å²) in [5.41, 5.74) is 0.859. The Morgan fingerprint density at radius 2 is 2.47 bits per heavy atom. The molecule has 0 amide bonds. The Bertz CT molecular complexity index is 356. The number of rotatable bonds is 8. The Morgan fingerprint density at radius 1 is 1.71 bits per heavy atom. The number of hydrogen-bond donors (Lipinski definition) is 2. The van der Waals surface area contributed by atoms with Gasteiger partial charge in [-0.15, -0.1) is 0 Å². The first-order valence-corrected chi connectivity index (χ1v) is 6.10. The molecule has 0 aliphatic heterocycles. The summed E-state index contributed by atoms with van der Waals surface area (Å²) in [6.45, 7) is 1.11. The Morgan fingerprint density at radius 3 is 3.00 bits per heavy atom. The van der Waals surface area contributed by atoms with Gasteiger partial charge in [0.05, 0.1) is 11.5 Å². The van der Waals surface area contributed by atoms with Crippen molar-refractivity contribution in [3.05, 3.63) is 27.1 Å². The Labute approximate surface area is 103 Å². The minimum absolute atomic E-state index is 0.0234. The normalized spacial score (nSPS) is 12.6. The molecule has 0 bridgehead atoms. The molecule has 0 aromatic carbocycles. The molecule has 17 heavy (non-hydrogen) atoms. The Balaban J connectivity index is 2.39. The van der Waals surface area contributed by atoms with Crippen molar-refractivity contribution in [3.8, 4) is 0 Å². The Hall–Kier alpha value is -1.02. The van der Waals surface area contributed by atoms with E-state index in [1.165, 1.54) is 0 Å². The highest BCUT2D eigenvalue weighted by Gasteiger charge is 2.11. The maximum atomic E-state index is 10.5. The molecule has 0 aliphatic rings. The molecule has 1 rings (SSSR count). The Kier molecular flexibility index (Phi) is 6.06. The van der Waals surface area contributed by atoms with E-state index < -0.39 is 4.92 Å². The van der Waals surface area contributed by atoms with Gasteiger partial charge in [-0.3, -0.25) is 10.1 Å². The van der Waals surface area contributed by atoms with Crippen molar-refractivity contribution >= 4 is 16.3 Å². The van der Waals surface area contributed by atoms with Crippen LogP contribution < -0.4 is 5.32 Å². The van der Waals surface area contributed by atoms with E-state index in [0.717, 1.165) is 16.9 Å². The third-order valence-electron chi connectivity index (χ3n) is 2.31. The number of thiophene rings is 1. The van der Waals surface area contributed by atoms with Gasteiger partial charge < -0.3 is 15.2 Å². The van der Waals surface area contributed by atoms with Gasteiger partial charge in [-0.1, -0.05) is 11.3 Å². The molecule has 0 saturated carbocycles. The second-order valence-corrected chi connectivity index (χ2v) is 4.48. The lowest BCUT2D eigenvalue weighted by atomic mass is 10.2. The van der Waals surface area contributed by atoms with Gasteiger partial charge in [0, 0.05) is 37.7 Å². The van der Waals surface area contributed by atoms with E-state index in [9.17, 15) is 10.1 Å². The highest BCUT2D eigenvalue weighted by Crippen LogP contribution is 2.22. The quantitative estimate of drug-likeness (QED) is 0.541. The van der Waals surface area contributed by atoms with Crippen LogP contribution in [0.3, 0.4) is 0 Å². The summed E-state index contributed by atoms with van der Waals surface area (Å²) in [6, 6.07) is 1.50. The van der Waals surface area contributed by atoms with Gasteiger partial charge in [0.15, 0.2) is 0 Å². The number of ether oxygens (including phenoxy) is 1. The number of nitrogens with zero attached hydrogens (tertiary/aromatic N) is 1. The maximum Gasteiger partial charge on any atom is 0.324 e. The number of aliphatic hydroxyl groups is 1. The largest absolute Gasteiger partial charge is 0.395 e. The molecule has 1 aromatic heterocycles. The molecule has 1 unspecified atom stereocenters. The lowest BCUT2D eigenvalue weighted by Crippen LogP contribution is -2.32. The van der Waals surface area contributed by atoms with Gasteiger partial charge in [-0.05, 0) is 12.0 Å². The fourth-order valence-corrected chi connectivity index (χ4v) is 2.06. The second kappa shape index (κ2) is 7.33. The van der Waals surface area contributed by atoms with E-state index >= 15 is 0 Å². The smallest absolute Gasteiger partial charge is 0.324 e. The molecule has 1 atom stereocenters. The SMILES string of the molecule is COCCC(CO)NCc1csc([N+](=O)[O-])c1. The summed E-state index contributed by atoms with van der Waals surface area (Å²) in [6.07, 6.45) is 0.708. The zero-order valence-electron chi connectivity index (χ0n) is 9.59. The van der Waals surface area contributed by atoms with Crippen LogP contribution in [0.25, 0.3) is 0 Å². The van der Waals surface area contributed by atoms with Crippen molar-refractivity contribution in [2.75, 3.05) is 20.3 Å². The molecule has 7 heteroatoms. The van der Waals surface area contributed by atoms with Crippen LogP contribution in [-0.2, 0) is 11.3 Å². The van der Waals surface area contributed by atoms with Gasteiger partial charge in [-0.2, -0.15) is 0 Å². The number of methoxy groups -OCH3 is 1. The summed E-state index contributed by atoms with van der Waals surface area (Å²) in [7, 11) is 1.61. The molecule has 6 nitrogen and oxygen atoms in total. The van der Waals surface area contributed by atoms with E-state index in [1.807, 2.05) is 0 Å². The van der Waals surface area contributed by atoms with Crippen LogP contribution in [0.2, 0.25) is 0 Å². The average Bonchev–Trinajstić information content (AvgIpc) is 2.78. The molecule has 0 radical (unpaired) electrons. The van der Waals surface area contributed by atoms with Crippen LogP contribution in [0.1, 0.15) is 12.0 Å². The first kappa shape index (κ1) is 14.0. The zero-order valence-corrected chi connectivity index (χ0v) is 10.4. The van der Waals surface area contributed by atoms with Crippen molar-refractivity contribution in [3.63, 3.8) is 0 Å². The first-order valence-electron chi connectivity index (χ1n) is 5.22. The van der Waals surface area contributed by atoms with Gasteiger partial charge in [-0.25, -0.2) is 0 Å². The predicted molar refractivity (Wildman–Crippen MR) is 65.2 cm³/mol. The van der Waals surface area contributed by atoms with Crippen molar-refractivity contribution in [2.45, 2.75) is 19.0 Å². The maximum absolute atomic E-state index is 10.5. The summed E-state index contributed by atoms with van der Waals surface area (Å²) >= 11 is 1.11. The third-order valence-corrected chi connectivity index (χ3v) is 3.23. The fourth-order valence-electron chi connectivity index (χ4n) is 1.33. The first-order chi connectivity index (χ1) is 8.17. The van der Waals surface area contributed by atoms with Gasteiger partial charge >= 0.3 is 5.00 Å². The van der Waals surface area contributed by atoms with Crippen LogP contribution in [0.4, 0.5) is 5.00 Å².